The maximum atomic E-state index is 6.35. The molecule has 0 aliphatic carbocycles. The van der Waals surface area contributed by atoms with Crippen LogP contribution in [-0.2, 0) is 13.0 Å². The largest absolute Gasteiger partial charge is 0.298 e. The van der Waals surface area contributed by atoms with Gasteiger partial charge in [0.2, 0.25) is 0 Å². The molecule has 1 heterocycles. The average Bonchev–Trinajstić information content (AvgIpc) is 2.76. The number of rotatable bonds is 6. The summed E-state index contributed by atoms with van der Waals surface area (Å²) in [6.07, 6.45) is 1.12. The van der Waals surface area contributed by atoms with Gasteiger partial charge in [0.05, 0.1) is 0 Å². The van der Waals surface area contributed by atoms with Crippen molar-refractivity contribution in [1.82, 2.24) is 9.80 Å². The SMILES string of the molecule is CCN1CCN(Cc2ccc(-c3ccccc3Cl)cc2)C[C@H]1Cc1ccccc1. The van der Waals surface area contributed by atoms with Gasteiger partial charge in [-0.25, -0.2) is 0 Å². The Hall–Kier alpha value is -2.13. The van der Waals surface area contributed by atoms with E-state index in [2.05, 4.69) is 77.4 Å². The molecule has 3 heteroatoms. The van der Waals surface area contributed by atoms with E-state index in [1.54, 1.807) is 0 Å². The molecule has 0 bridgehead atoms. The standard InChI is InChI=1S/C26H29ClN2/c1-2-29-17-16-28(20-24(29)18-21-8-4-3-5-9-21)19-22-12-14-23(15-13-22)25-10-6-7-11-26(25)27/h3-15,24H,2,16-20H2,1H3/t24-/m1/s1. The molecular weight excluding hydrogens is 376 g/mol. The van der Waals surface area contributed by atoms with E-state index >= 15 is 0 Å². The summed E-state index contributed by atoms with van der Waals surface area (Å²) in [5.41, 5.74) is 5.07. The summed E-state index contributed by atoms with van der Waals surface area (Å²) in [5, 5.41) is 0.805. The molecule has 1 aliphatic rings. The minimum Gasteiger partial charge on any atom is -0.298 e. The maximum Gasteiger partial charge on any atom is 0.0484 e. The first-order chi connectivity index (χ1) is 14.2. The average molecular weight is 405 g/mol. The van der Waals surface area contributed by atoms with Crippen LogP contribution in [0.25, 0.3) is 11.1 Å². The van der Waals surface area contributed by atoms with E-state index in [-0.39, 0.29) is 0 Å². The zero-order valence-corrected chi connectivity index (χ0v) is 17.9. The summed E-state index contributed by atoms with van der Waals surface area (Å²) >= 11 is 6.35. The molecule has 0 amide bonds. The van der Waals surface area contributed by atoms with Crippen molar-refractivity contribution in [1.29, 1.82) is 0 Å². The highest BCUT2D eigenvalue weighted by Gasteiger charge is 2.26. The molecule has 150 valence electrons. The molecule has 1 atom stereocenters. The molecule has 3 aromatic rings. The van der Waals surface area contributed by atoms with Crippen molar-refractivity contribution in [3.63, 3.8) is 0 Å². The first-order valence-electron chi connectivity index (χ1n) is 10.6. The van der Waals surface area contributed by atoms with E-state index in [4.69, 9.17) is 11.6 Å². The first kappa shape index (κ1) is 20.2. The van der Waals surface area contributed by atoms with Gasteiger partial charge in [0.15, 0.2) is 0 Å². The van der Waals surface area contributed by atoms with Gasteiger partial charge in [-0.15, -0.1) is 0 Å². The van der Waals surface area contributed by atoms with Crippen LogP contribution in [0.1, 0.15) is 18.1 Å². The Kier molecular flexibility index (Phi) is 6.66. The summed E-state index contributed by atoms with van der Waals surface area (Å²) in [4.78, 5) is 5.23. The Bertz CT molecular complexity index is 908. The zero-order chi connectivity index (χ0) is 20.1. The molecule has 0 radical (unpaired) electrons. The fourth-order valence-electron chi connectivity index (χ4n) is 4.34. The molecule has 4 rings (SSSR count). The van der Waals surface area contributed by atoms with Gasteiger partial charge in [-0.3, -0.25) is 9.80 Å². The normalized spacial score (nSPS) is 18.1. The molecule has 1 aliphatic heterocycles. The molecule has 29 heavy (non-hydrogen) atoms. The van der Waals surface area contributed by atoms with Crippen LogP contribution in [0.2, 0.25) is 5.02 Å². The highest BCUT2D eigenvalue weighted by molar-refractivity contribution is 6.33. The lowest BCUT2D eigenvalue weighted by molar-refractivity contribution is 0.0741. The van der Waals surface area contributed by atoms with Crippen molar-refractivity contribution in [3.8, 4) is 11.1 Å². The third kappa shape index (κ3) is 5.08. The van der Waals surface area contributed by atoms with Crippen LogP contribution < -0.4 is 0 Å². The minimum absolute atomic E-state index is 0.582. The van der Waals surface area contributed by atoms with Crippen LogP contribution in [0.5, 0.6) is 0 Å². The fourth-order valence-corrected chi connectivity index (χ4v) is 4.59. The summed E-state index contributed by atoms with van der Waals surface area (Å²) in [6, 6.07) is 28.4. The molecule has 3 aromatic carbocycles. The Balaban J connectivity index is 1.42. The van der Waals surface area contributed by atoms with Gasteiger partial charge in [0.25, 0.3) is 0 Å². The third-order valence-corrected chi connectivity index (χ3v) is 6.28. The zero-order valence-electron chi connectivity index (χ0n) is 17.1. The first-order valence-corrected chi connectivity index (χ1v) is 10.9. The lowest BCUT2D eigenvalue weighted by Crippen LogP contribution is -2.53. The molecule has 0 aromatic heterocycles. The fraction of sp³-hybridized carbons (Fsp3) is 0.308. The summed E-state index contributed by atoms with van der Waals surface area (Å²) in [5.74, 6) is 0. The van der Waals surface area contributed by atoms with E-state index in [0.717, 1.165) is 49.7 Å². The second-order valence-corrected chi connectivity index (χ2v) is 8.29. The molecule has 0 saturated carbocycles. The maximum absolute atomic E-state index is 6.35. The molecular formula is C26H29ClN2. The summed E-state index contributed by atoms with van der Waals surface area (Å²) in [6.45, 7) is 7.80. The van der Waals surface area contributed by atoms with Gasteiger partial charge in [-0.05, 0) is 35.7 Å². The smallest absolute Gasteiger partial charge is 0.0484 e. The Morgan fingerprint density at radius 1 is 0.828 bits per heavy atom. The van der Waals surface area contributed by atoms with Crippen LogP contribution in [0.3, 0.4) is 0 Å². The topological polar surface area (TPSA) is 6.48 Å². The summed E-state index contributed by atoms with van der Waals surface area (Å²) < 4.78 is 0. The van der Waals surface area contributed by atoms with Gasteiger partial charge in [0.1, 0.15) is 0 Å². The molecule has 0 N–H and O–H groups in total. The Morgan fingerprint density at radius 3 is 2.28 bits per heavy atom. The van der Waals surface area contributed by atoms with Crippen LogP contribution in [0.15, 0.2) is 78.9 Å². The monoisotopic (exact) mass is 404 g/mol. The van der Waals surface area contributed by atoms with Crippen molar-refractivity contribution in [2.75, 3.05) is 26.2 Å². The number of hydrogen-bond donors (Lipinski definition) is 0. The molecule has 1 saturated heterocycles. The molecule has 0 spiro atoms. The van der Waals surface area contributed by atoms with E-state index in [1.807, 2.05) is 18.2 Å². The molecule has 0 unspecified atom stereocenters. The number of nitrogens with zero attached hydrogens (tertiary/aromatic N) is 2. The number of likely N-dealkylation sites (N-methyl/N-ethyl adjacent to an activating group) is 1. The molecule has 2 nitrogen and oxygen atoms in total. The van der Waals surface area contributed by atoms with E-state index in [9.17, 15) is 0 Å². The van der Waals surface area contributed by atoms with E-state index < -0.39 is 0 Å². The van der Waals surface area contributed by atoms with Gasteiger partial charge < -0.3 is 0 Å². The highest BCUT2D eigenvalue weighted by atomic mass is 35.5. The van der Waals surface area contributed by atoms with Crippen LogP contribution in [0.4, 0.5) is 0 Å². The minimum atomic E-state index is 0.582. The van der Waals surface area contributed by atoms with E-state index in [1.165, 1.54) is 16.7 Å². The molecule has 1 fully saturated rings. The van der Waals surface area contributed by atoms with Gasteiger partial charge in [-0.2, -0.15) is 0 Å². The highest BCUT2D eigenvalue weighted by Crippen LogP contribution is 2.28. The second kappa shape index (κ2) is 9.58. The lowest BCUT2D eigenvalue weighted by atomic mass is 10.0. The summed E-state index contributed by atoms with van der Waals surface area (Å²) in [7, 11) is 0. The van der Waals surface area contributed by atoms with Gasteiger partial charge in [-0.1, -0.05) is 91.3 Å². The van der Waals surface area contributed by atoms with Crippen molar-refractivity contribution in [3.05, 3.63) is 95.0 Å². The number of halogens is 1. The Morgan fingerprint density at radius 2 is 1.55 bits per heavy atom. The number of piperazine rings is 1. The van der Waals surface area contributed by atoms with Crippen molar-refractivity contribution < 1.29 is 0 Å². The third-order valence-electron chi connectivity index (χ3n) is 5.95. The van der Waals surface area contributed by atoms with Crippen molar-refractivity contribution in [2.45, 2.75) is 25.9 Å². The van der Waals surface area contributed by atoms with Crippen LogP contribution >= 0.6 is 11.6 Å². The van der Waals surface area contributed by atoms with Gasteiger partial charge in [0, 0.05) is 42.8 Å². The Labute approximate surface area is 179 Å². The predicted octanol–water partition coefficient (Wildman–Crippen LogP) is 5.76. The van der Waals surface area contributed by atoms with Crippen LogP contribution in [0, 0.1) is 0 Å². The predicted molar refractivity (Wildman–Crippen MR) is 123 cm³/mol. The van der Waals surface area contributed by atoms with Crippen molar-refractivity contribution in [2.24, 2.45) is 0 Å². The van der Waals surface area contributed by atoms with Crippen LogP contribution in [-0.4, -0.2) is 42.0 Å². The number of hydrogen-bond acceptors (Lipinski definition) is 2. The second-order valence-electron chi connectivity index (χ2n) is 7.88. The number of benzene rings is 3. The van der Waals surface area contributed by atoms with Gasteiger partial charge >= 0.3 is 0 Å². The lowest BCUT2D eigenvalue weighted by Gasteiger charge is -2.41. The van der Waals surface area contributed by atoms with E-state index in [0.29, 0.717) is 6.04 Å². The quantitative estimate of drug-likeness (QED) is 0.515. The van der Waals surface area contributed by atoms with Crippen molar-refractivity contribution >= 4 is 11.6 Å².